The van der Waals surface area contributed by atoms with Crippen LogP contribution in [0.25, 0.3) is 6.08 Å². The minimum absolute atomic E-state index is 0.0191. The van der Waals surface area contributed by atoms with Crippen molar-refractivity contribution in [1.29, 1.82) is 0 Å². The van der Waals surface area contributed by atoms with Crippen LogP contribution in [0.15, 0.2) is 53.1 Å². The van der Waals surface area contributed by atoms with Crippen molar-refractivity contribution < 1.29 is 35.9 Å². The molecule has 0 spiro atoms. The summed E-state index contributed by atoms with van der Waals surface area (Å²) in [7, 11) is 0. The molecule has 0 bridgehead atoms. The first kappa shape index (κ1) is 24.8. The molecule has 4 nitrogen and oxygen atoms in total. The van der Waals surface area contributed by atoms with Gasteiger partial charge in [0.2, 0.25) is 5.82 Å². The van der Waals surface area contributed by atoms with Crippen LogP contribution in [0.1, 0.15) is 18.1 Å². The van der Waals surface area contributed by atoms with Crippen molar-refractivity contribution >= 4 is 46.0 Å². The lowest BCUT2D eigenvalue weighted by Gasteiger charge is -2.15. The Morgan fingerprint density at radius 2 is 1.51 bits per heavy atom. The summed E-state index contributed by atoms with van der Waals surface area (Å²) in [5, 5.41) is 3.86. The molecule has 35 heavy (non-hydrogen) atoms. The van der Waals surface area contributed by atoms with E-state index >= 15 is 0 Å². The van der Waals surface area contributed by atoms with Crippen molar-refractivity contribution in [3.63, 3.8) is 0 Å². The molecule has 0 N–H and O–H groups in total. The number of amides is 1. The van der Waals surface area contributed by atoms with Crippen LogP contribution in [0, 0.1) is 38.5 Å². The molecule has 0 saturated heterocycles. The number of carbonyl (C=O) groups excluding carboxylic acids is 1. The van der Waals surface area contributed by atoms with Gasteiger partial charge in [0.1, 0.15) is 23.9 Å². The first-order chi connectivity index (χ1) is 16.6. The van der Waals surface area contributed by atoms with E-state index in [0.717, 1.165) is 5.56 Å². The van der Waals surface area contributed by atoms with Crippen molar-refractivity contribution in [2.75, 3.05) is 5.01 Å². The van der Waals surface area contributed by atoms with Gasteiger partial charge in [0, 0.05) is 0 Å². The van der Waals surface area contributed by atoms with Crippen LogP contribution < -0.4 is 9.75 Å². The molecule has 1 aliphatic rings. The van der Waals surface area contributed by atoms with Gasteiger partial charge < -0.3 is 4.74 Å². The first-order valence-corrected chi connectivity index (χ1v) is 11.0. The lowest BCUT2D eigenvalue weighted by molar-refractivity contribution is -0.114. The highest BCUT2D eigenvalue weighted by molar-refractivity contribution is 14.1. The Bertz CT molecular complexity index is 1380. The van der Waals surface area contributed by atoms with Gasteiger partial charge in [-0.1, -0.05) is 18.2 Å². The number of hydrogen-bond acceptors (Lipinski definition) is 3. The molecule has 3 aromatic rings. The van der Waals surface area contributed by atoms with Gasteiger partial charge in [0.15, 0.2) is 23.3 Å². The molecule has 180 valence electrons. The van der Waals surface area contributed by atoms with E-state index in [0.29, 0.717) is 14.9 Å². The van der Waals surface area contributed by atoms with E-state index in [4.69, 9.17) is 4.74 Å². The molecular weight excluding hydrogens is 589 g/mol. The van der Waals surface area contributed by atoms with Gasteiger partial charge >= 0.3 is 0 Å². The van der Waals surface area contributed by atoms with Gasteiger partial charge in [-0.25, -0.2) is 26.3 Å². The number of carbonyl (C=O) groups is 1. The Kier molecular flexibility index (Phi) is 6.88. The van der Waals surface area contributed by atoms with E-state index in [1.54, 1.807) is 30.3 Å². The topological polar surface area (TPSA) is 41.9 Å². The summed E-state index contributed by atoms with van der Waals surface area (Å²) in [5.74, 6) is -11.9. The second kappa shape index (κ2) is 9.72. The minimum atomic E-state index is -2.33. The third kappa shape index (κ3) is 4.77. The number of nitrogens with zero attached hydrogens (tertiary/aromatic N) is 2. The van der Waals surface area contributed by atoms with Gasteiger partial charge in [0.25, 0.3) is 5.91 Å². The fourth-order valence-electron chi connectivity index (χ4n) is 3.25. The average Bonchev–Trinajstić information content (AvgIpc) is 3.10. The van der Waals surface area contributed by atoms with Gasteiger partial charge in [-0.15, -0.1) is 0 Å². The maximum Gasteiger partial charge on any atom is 0.280 e. The van der Waals surface area contributed by atoms with E-state index in [9.17, 15) is 31.1 Å². The second-order valence-corrected chi connectivity index (χ2v) is 8.55. The van der Waals surface area contributed by atoms with E-state index in [-0.39, 0.29) is 28.7 Å². The molecular formula is C24H13F6IN2O2. The Hall–Kier alpha value is -3.35. The van der Waals surface area contributed by atoms with Crippen LogP contribution >= 0.6 is 22.6 Å². The van der Waals surface area contributed by atoms with Crippen molar-refractivity contribution in [1.82, 2.24) is 0 Å². The smallest absolute Gasteiger partial charge is 0.280 e. The summed E-state index contributed by atoms with van der Waals surface area (Å²) < 4.78 is 88.3. The zero-order valence-electron chi connectivity index (χ0n) is 17.7. The van der Waals surface area contributed by atoms with Crippen molar-refractivity contribution in [3.8, 4) is 5.75 Å². The number of hydrazone groups is 1. The van der Waals surface area contributed by atoms with Crippen molar-refractivity contribution in [2.24, 2.45) is 5.10 Å². The summed E-state index contributed by atoms with van der Waals surface area (Å²) in [5.41, 5.74) is -0.269. The Morgan fingerprint density at radius 1 is 0.914 bits per heavy atom. The van der Waals surface area contributed by atoms with Crippen molar-refractivity contribution in [3.05, 3.63) is 97.6 Å². The molecule has 1 amide bonds. The second-order valence-electron chi connectivity index (χ2n) is 7.38. The third-order valence-electron chi connectivity index (χ3n) is 5.04. The largest absolute Gasteiger partial charge is 0.488 e. The molecule has 0 fully saturated rings. The molecule has 11 heteroatoms. The summed E-state index contributed by atoms with van der Waals surface area (Å²) in [6.07, 6.45) is 1.37. The number of halogens is 7. The van der Waals surface area contributed by atoms with Crippen LogP contribution in [0.5, 0.6) is 5.75 Å². The van der Waals surface area contributed by atoms with Crippen LogP contribution in [0.2, 0.25) is 0 Å². The number of hydrogen-bond donors (Lipinski definition) is 0. The van der Waals surface area contributed by atoms with Gasteiger partial charge in [0.05, 0.1) is 14.9 Å². The van der Waals surface area contributed by atoms with Gasteiger partial charge in [-0.3, -0.25) is 4.79 Å². The third-order valence-corrected chi connectivity index (χ3v) is 5.88. The zero-order chi connectivity index (χ0) is 25.4. The summed E-state index contributed by atoms with van der Waals surface area (Å²) in [6, 6.07) is 10.7. The molecule has 0 radical (unpaired) electrons. The van der Waals surface area contributed by atoms with E-state index in [1.165, 1.54) is 25.1 Å². The highest BCUT2D eigenvalue weighted by Gasteiger charge is 2.37. The lowest BCUT2D eigenvalue weighted by Crippen LogP contribution is -2.25. The predicted molar refractivity (Wildman–Crippen MR) is 125 cm³/mol. The molecule has 4 rings (SSSR count). The Balaban J connectivity index is 1.58. The highest BCUT2D eigenvalue weighted by Crippen LogP contribution is 2.34. The zero-order valence-corrected chi connectivity index (χ0v) is 19.8. The highest BCUT2D eigenvalue weighted by atomic mass is 127. The fraction of sp³-hybridized carbons (Fsp3) is 0.0833. The average molecular weight is 602 g/mol. The monoisotopic (exact) mass is 602 g/mol. The number of benzene rings is 3. The molecule has 1 heterocycles. The van der Waals surface area contributed by atoms with E-state index in [2.05, 4.69) is 5.10 Å². The normalized spacial score (nSPS) is 14.6. The predicted octanol–water partition coefficient (Wildman–Crippen LogP) is 6.51. The Labute approximate surface area is 208 Å². The van der Waals surface area contributed by atoms with Crippen LogP contribution in [-0.2, 0) is 11.4 Å². The lowest BCUT2D eigenvalue weighted by atomic mass is 10.1. The minimum Gasteiger partial charge on any atom is -0.488 e. The standard InChI is InChI=1S/C24H13F6IN2O2/c1-11-15(24(34)33(32-11)23-21(29)19(27)18(26)20(28)22(23)30)8-13-4-7-17(16(31)9-13)35-10-12-2-5-14(25)6-3-12/h2-9H,10H2,1H3/b15-8+. The van der Waals surface area contributed by atoms with Crippen LogP contribution in [-0.4, -0.2) is 11.6 Å². The summed E-state index contributed by atoms with van der Waals surface area (Å²) in [6.45, 7) is 1.55. The van der Waals surface area contributed by atoms with E-state index in [1.807, 2.05) is 22.6 Å². The van der Waals surface area contributed by atoms with Crippen LogP contribution in [0.3, 0.4) is 0 Å². The summed E-state index contributed by atoms with van der Waals surface area (Å²) in [4.78, 5) is 12.8. The maximum atomic E-state index is 14.2. The molecule has 1 aliphatic heterocycles. The molecule has 0 saturated carbocycles. The van der Waals surface area contributed by atoms with Crippen molar-refractivity contribution in [2.45, 2.75) is 13.5 Å². The fourth-order valence-corrected chi connectivity index (χ4v) is 3.94. The van der Waals surface area contributed by atoms with Crippen LogP contribution in [0.4, 0.5) is 32.0 Å². The van der Waals surface area contributed by atoms with Gasteiger partial charge in [-0.2, -0.15) is 10.1 Å². The number of ether oxygens (including phenoxy) is 1. The van der Waals surface area contributed by atoms with E-state index < -0.39 is 40.7 Å². The Morgan fingerprint density at radius 3 is 2.11 bits per heavy atom. The number of rotatable bonds is 5. The molecule has 0 aliphatic carbocycles. The molecule has 0 aromatic heterocycles. The molecule has 0 atom stereocenters. The van der Waals surface area contributed by atoms with Gasteiger partial charge in [-0.05, 0) is 71.0 Å². The number of anilines is 1. The quantitative estimate of drug-likeness (QED) is 0.110. The summed E-state index contributed by atoms with van der Waals surface area (Å²) >= 11 is 2.01. The first-order valence-electron chi connectivity index (χ1n) is 9.88. The SMILES string of the molecule is CC1=NN(c2c(F)c(F)c(F)c(F)c2F)C(=O)/C1=C/c1ccc(OCc2ccc(F)cc2)c(I)c1. The maximum absolute atomic E-state index is 14.2. The molecule has 3 aromatic carbocycles. The molecule has 0 unspecified atom stereocenters.